The largest absolute Gasteiger partial charge is 0.493 e. The fraction of sp³-hybridized carbons (Fsp3) is 0.588. The molecule has 1 aliphatic rings. The quantitative estimate of drug-likeness (QED) is 0.876. The van der Waals surface area contributed by atoms with Crippen molar-refractivity contribution < 1.29 is 14.6 Å². The molecule has 116 valence electrons. The van der Waals surface area contributed by atoms with Gasteiger partial charge in [0, 0.05) is 6.04 Å². The Morgan fingerprint density at radius 1 is 1.29 bits per heavy atom. The minimum atomic E-state index is -0.189. The molecule has 21 heavy (non-hydrogen) atoms. The van der Waals surface area contributed by atoms with Crippen molar-refractivity contribution in [2.75, 3.05) is 6.61 Å². The van der Waals surface area contributed by atoms with Gasteiger partial charge in [-0.05, 0) is 51.2 Å². The molecule has 1 saturated carbocycles. The van der Waals surface area contributed by atoms with Gasteiger partial charge in [-0.2, -0.15) is 0 Å². The molecule has 1 aromatic carbocycles. The van der Waals surface area contributed by atoms with Crippen molar-refractivity contribution in [3.05, 3.63) is 29.3 Å². The van der Waals surface area contributed by atoms with Crippen LogP contribution in [-0.4, -0.2) is 29.8 Å². The lowest BCUT2D eigenvalue weighted by Crippen LogP contribution is -2.39. The summed E-state index contributed by atoms with van der Waals surface area (Å²) in [5.74, 6) is 0.871. The highest BCUT2D eigenvalue weighted by molar-refractivity contribution is 5.76. The van der Waals surface area contributed by atoms with Gasteiger partial charge in [0.15, 0.2) is 0 Å². The second-order valence-electron chi connectivity index (χ2n) is 5.94. The second-order valence-corrected chi connectivity index (χ2v) is 5.94. The van der Waals surface area contributed by atoms with Crippen molar-refractivity contribution in [3.8, 4) is 5.75 Å². The van der Waals surface area contributed by atoms with Crippen LogP contribution in [0.25, 0.3) is 0 Å². The third-order valence-corrected chi connectivity index (χ3v) is 3.98. The Bertz CT molecular complexity index is 479. The zero-order valence-corrected chi connectivity index (χ0v) is 12.9. The highest BCUT2D eigenvalue weighted by Gasteiger charge is 2.20. The van der Waals surface area contributed by atoms with E-state index in [1.54, 1.807) is 0 Å². The highest BCUT2D eigenvalue weighted by atomic mass is 16.5. The third kappa shape index (κ3) is 5.05. The number of amides is 1. The predicted octanol–water partition coefficient (Wildman–Crippen LogP) is 2.49. The number of nitrogens with one attached hydrogen (secondary N) is 1. The molecule has 1 aliphatic carbocycles. The lowest BCUT2D eigenvalue weighted by Gasteiger charge is -2.26. The van der Waals surface area contributed by atoms with Crippen molar-refractivity contribution in [2.24, 2.45) is 0 Å². The minimum Gasteiger partial charge on any atom is -0.493 e. The second kappa shape index (κ2) is 7.46. The van der Waals surface area contributed by atoms with Crippen LogP contribution in [0.1, 0.15) is 43.2 Å². The van der Waals surface area contributed by atoms with Crippen molar-refractivity contribution >= 4 is 5.91 Å². The Morgan fingerprint density at radius 2 is 2.00 bits per heavy atom. The number of hydrogen-bond acceptors (Lipinski definition) is 3. The van der Waals surface area contributed by atoms with E-state index in [1.165, 1.54) is 5.56 Å². The van der Waals surface area contributed by atoms with Gasteiger partial charge < -0.3 is 15.2 Å². The maximum absolute atomic E-state index is 11.9. The average Bonchev–Trinajstić information content (AvgIpc) is 2.44. The Balaban J connectivity index is 1.69. The summed E-state index contributed by atoms with van der Waals surface area (Å²) in [5, 5.41) is 12.5. The molecular formula is C17H25NO3. The van der Waals surface area contributed by atoms with Crippen LogP contribution in [0, 0.1) is 13.8 Å². The summed E-state index contributed by atoms with van der Waals surface area (Å²) in [6.07, 6.45) is 3.47. The Labute approximate surface area is 126 Å². The fourth-order valence-electron chi connectivity index (χ4n) is 2.73. The van der Waals surface area contributed by atoms with E-state index < -0.39 is 0 Å². The number of hydrogen-bond donors (Lipinski definition) is 2. The van der Waals surface area contributed by atoms with Crippen LogP contribution in [0.3, 0.4) is 0 Å². The SMILES string of the molecule is Cc1ccc(OCCC(=O)NC2CCC(O)CC2)c(C)c1. The summed E-state index contributed by atoms with van der Waals surface area (Å²) in [5.41, 5.74) is 2.30. The van der Waals surface area contributed by atoms with Gasteiger partial charge >= 0.3 is 0 Å². The van der Waals surface area contributed by atoms with Crippen LogP contribution in [0.5, 0.6) is 5.75 Å². The van der Waals surface area contributed by atoms with E-state index in [0.717, 1.165) is 37.0 Å². The number of aliphatic hydroxyl groups is 1. The molecule has 4 heteroatoms. The maximum atomic E-state index is 11.9. The topological polar surface area (TPSA) is 58.6 Å². The first-order valence-electron chi connectivity index (χ1n) is 7.72. The molecule has 0 heterocycles. The van der Waals surface area contributed by atoms with E-state index in [2.05, 4.69) is 11.4 Å². The van der Waals surface area contributed by atoms with Gasteiger partial charge in [-0.3, -0.25) is 4.79 Å². The zero-order chi connectivity index (χ0) is 15.2. The number of aryl methyl sites for hydroxylation is 2. The normalized spacial score (nSPS) is 21.9. The van der Waals surface area contributed by atoms with E-state index in [9.17, 15) is 9.90 Å². The van der Waals surface area contributed by atoms with Gasteiger partial charge in [0.25, 0.3) is 0 Å². The highest BCUT2D eigenvalue weighted by Crippen LogP contribution is 2.19. The molecule has 1 aromatic rings. The Kier molecular flexibility index (Phi) is 5.62. The number of aliphatic hydroxyl groups excluding tert-OH is 1. The van der Waals surface area contributed by atoms with Crippen molar-refractivity contribution in [2.45, 2.75) is 58.1 Å². The third-order valence-electron chi connectivity index (χ3n) is 3.98. The number of ether oxygens (including phenoxy) is 1. The number of carbonyl (C=O) groups excluding carboxylic acids is 1. The molecule has 0 spiro atoms. The monoisotopic (exact) mass is 291 g/mol. The standard InChI is InChI=1S/C17H25NO3/c1-12-3-8-16(13(2)11-12)21-10-9-17(20)18-14-4-6-15(19)7-5-14/h3,8,11,14-15,19H,4-7,9-10H2,1-2H3,(H,18,20). The van der Waals surface area contributed by atoms with Crippen LogP contribution in [0.15, 0.2) is 18.2 Å². The summed E-state index contributed by atoms with van der Waals surface area (Å²) in [7, 11) is 0. The molecule has 4 nitrogen and oxygen atoms in total. The van der Waals surface area contributed by atoms with Gasteiger partial charge in [-0.1, -0.05) is 17.7 Å². The van der Waals surface area contributed by atoms with Crippen LogP contribution < -0.4 is 10.1 Å². The van der Waals surface area contributed by atoms with Gasteiger partial charge in [0.1, 0.15) is 5.75 Å². The summed E-state index contributed by atoms with van der Waals surface area (Å²) in [4.78, 5) is 11.9. The molecule has 2 rings (SSSR count). The van der Waals surface area contributed by atoms with E-state index >= 15 is 0 Å². The predicted molar refractivity (Wildman–Crippen MR) is 82.4 cm³/mol. The first-order chi connectivity index (χ1) is 10.0. The van der Waals surface area contributed by atoms with E-state index in [1.807, 2.05) is 26.0 Å². The molecule has 0 unspecified atom stereocenters. The molecular weight excluding hydrogens is 266 g/mol. The molecule has 0 atom stereocenters. The summed E-state index contributed by atoms with van der Waals surface area (Å²) < 4.78 is 5.67. The molecule has 0 bridgehead atoms. The van der Waals surface area contributed by atoms with E-state index in [4.69, 9.17) is 4.74 Å². The first-order valence-corrected chi connectivity index (χ1v) is 7.72. The molecule has 1 amide bonds. The average molecular weight is 291 g/mol. The van der Waals surface area contributed by atoms with Crippen LogP contribution in [-0.2, 0) is 4.79 Å². The Morgan fingerprint density at radius 3 is 2.67 bits per heavy atom. The van der Waals surface area contributed by atoms with Crippen molar-refractivity contribution in [3.63, 3.8) is 0 Å². The molecule has 0 aliphatic heterocycles. The zero-order valence-electron chi connectivity index (χ0n) is 12.9. The summed E-state index contributed by atoms with van der Waals surface area (Å²) in [6, 6.07) is 6.24. The van der Waals surface area contributed by atoms with Crippen molar-refractivity contribution in [1.82, 2.24) is 5.32 Å². The number of rotatable bonds is 5. The number of benzene rings is 1. The van der Waals surface area contributed by atoms with Crippen LogP contribution >= 0.6 is 0 Å². The van der Waals surface area contributed by atoms with E-state index in [-0.39, 0.29) is 18.1 Å². The van der Waals surface area contributed by atoms with Gasteiger partial charge in [0.2, 0.25) is 5.91 Å². The summed E-state index contributed by atoms with van der Waals surface area (Å²) in [6.45, 7) is 4.45. The molecule has 1 fully saturated rings. The summed E-state index contributed by atoms with van der Waals surface area (Å²) >= 11 is 0. The molecule has 0 radical (unpaired) electrons. The first kappa shape index (κ1) is 15.8. The molecule has 0 saturated heterocycles. The smallest absolute Gasteiger partial charge is 0.223 e. The van der Waals surface area contributed by atoms with Crippen LogP contribution in [0.2, 0.25) is 0 Å². The van der Waals surface area contributed by atoms with Gasteiger partial charge in [-0.25, -0.2) is 0 Å². The lowest BCUT2D eigenvalue weighted by atomic mass is 9.93. The molecule has 2 N–H and O–H groups in total. The van der Waals surface area contributed by atoms with E-state index in [0.29, 0.717) is 13.0 Å². The van der Waals surface area contributed by atoms with Crippen molar-refractivity contribution in [1.29, 1.82) is 0 Å². The Hall–Kier alpha value is -1.55. The maximum Gasteiger partial charge on any atom is 0.223 e. The minimum absolute atomic E-state index is 0.0288. The molecule has 0 aromatic heterocycles. The van der Waals surface area contributed by atoms with Crippen LogP contribution in [0.4, 0.5) is 0 Å². The fourth-order valence-corrected chi connectivity index (χ4v) is 2.73. The number of carbonyl (C=O) groups is 1. The lowest BCUT2D eigenvalue weighted by molar-refractivity contribution is -0.122. The van der Waals surface area contributed by atoms with Gasteiger partial charge in [-0.15, -0.1) is 0 Å². The van der Waals surface area contributed by atoms with Gasteiger partial charge in [0.05, 0.1) is 19.1 Å².